The first-order valence-electron chi connectivity index (χ1n) is 6.72. The van der Waals surface area contributed by atoms with Crippen LogP contribution in [0.5, 0.6) is 0 Å². The van der Waals surface area contributed by atoms with Crippen molar-refractivity contribution in [2.24, 2.45) is 0 Å². The molecule has 0 N–H and O–H groups in total. The van der Waals surface area contributed by atoms with Crippen molar-refractivity contribution >= 4 is 23.3 Å². The Bertz CT molecular complexity index is 845. The minimum Gasteiger partial charge on any atom is -0.292 e. The summed E-state index contributed by atoms with van der Waals surface area (Å²) in [5, 5.41) is 11.0. The van der Waals surface area contributed by atoms with Gasteiger partial charge in [0.2, 0.25) is 0 Å². The number of nitro groups is 1. The fourth-order valence-corrected chi connectivity index (χ4v) is 2.47. The van der Waals surface area contributed by atoms with E-state index < -0.39 is 34.8 Å². The Kier molecular flexibility index (Phi) is 3.46. The average molecular weight is 310 g/mol. The smallest absolute Gasteiger partial charge is 0.282 e. The lowest BCUT2D eigenvalue weighted by atomic mass is 10.1. The molecule has 2 amide bonds. The van der Waals surface area contributed by atoms with Crippen molar-refractivity contribution in [3.63, 3.8) is 0 Å². The molecule has 0 saturated carbocycles. The molecule has 0 saturated heterocycles. The fourth-order valence-electron chi connectivity index (χ4n) is 2.47. The van der Waals surface area contributed by atoms with Gasteiger partial charge in [-0.1, -0.05) is 36.4 Å². The molecular formula is C16H10N2O5. The van der Waals surface area contributed by atoms with E-state index in [9.17, 15) is 24.5 Å². The SMILES string of the molecule is O=C(CN1C(=O)c2cccc([N+](=O)[O-])c2C1=O)c1ccccc1. The van der Waals surface area contributed by atoms with Gasteiger partial charge in [0, 0.05) is 11.6 Å². The zero-order valence-corrected chi connectivity index (χ0v) is 11.8. The minimum absolute atomic E-state index is 0.0509. The fraction of sp³-hybridized carbons (Fsp3) is 0.0625. The van der Waals surface area contributed by atoms with Gasteiger partial charge in [-0.05, 0) is 6.07 Å². The van der Waals surface area contributed by atoms with Gasteiger partial charge < -0.3 is 0 Å². The molecule has 1 aliphatic heterocycles. The monoisotopic (exact) mass is 310 g/mol. The Hall–Kier alpha value is -3.35. The van der Waals surface area contributed by atoms with Crippen molar-refractivity contribution in [1.29, 1.82) is 0 Å². The van der Waals surface area contributed by atoms with Crippen LogP contribution in [-0.2, 0) is 0 Å². The van der Waals surface area contributed by atoms with Gasteiger partial charge >= 0.3 is 0 Å². The number of Topliss-reactive ketones (excluding diaryl/α,β-unsaturated/α-hetero) is 1. The molecule has 23 heavy (non-hydrogen) atoms. The second kappa shape index (κ2) is 5.45. The van der Waals surface area contributed by atoms with Crippen molar-refractivity contribution in [2.45, 2.75) is 0 Å². The first kappa shape index (κ1) is 14.6. The predicted octanol–water partition coefficient (Wildman–Crippen LogP) is 2.07. The molecule has 0 fully saturated rings. The minimum atomic E-state index is -0.818. The Labute approximate surface area is 130 Å². The van der Waals surface area contributed by atoms with Crippen LogP contribution in [0.25, 0.3) is 0 Å². The normalized spacial score (nSPS) is 13.1. The van der Waals surface area contributed by atoms with Crippen LogP contribution in [0.2, 0.25) is 0 Å². The molecule has 0 bridgehead atoms. The molecule has 114 valence electrons. The van der Waals surface area contributed by atoms with Crippen LogP contribution in [0.4, 0.5) is 5.69 Å². The van der Waals surface area contributed by atoms with Crippen LogP contribution >= 0.6 is 0 Å². The highest BCUT2D eigenvalue weighted by Gasteiger charge is 2.41. The van der Waals surface area contributed by atoms with Gasteiger partial charge in [0.05, 0.1) is 17.0 Å². The number of ketones is 1. The van der Waals surface area contributed by atoms with E-state index in [2.05, 4.69) is 0 Å². The van der Waals surface area contributed by atoms with Crippen molar-refractivity contribution in [3.8, 4) is 0 Å². The van der Waals surface area contributed by atoms with E-state index in [1.807, 2.05) is 0 Å². The molecule has 0 unspecified atom stereocenters. The van der Waals surface area contributed by atoms with Gasteiger partial charge in [0.15, 0.2) is 5.78 Å². The molecule has 7 heteroatoms. The second-order valence-corrected chi connectivity index (χ2v) is 4.94. The number of imide groups is 1. The summed E-state index contributed by atoms with van der Waals surface area (Å²) in [6.45, 7) is -0.451. The average Bonchev–Trinajstić information content (AvgIpc) is 2.80. The molecule has 3 rings (SSSR count). The third-order valence-corrected chi connectivity index (χ3v) is 3.57. The summed E-state index contributed by atoms with van der Waals surface area (Å²) in [6, 6.07) is 12.1. The lowest BCUT2D eigenvalue weighted by Gasteiger charge is -2.12. The van der Waals surface area contributed by atoms with E-state index in [0.29, 0.717) is 5.56 Å². The molecule has 2 aromatic carbocycles. The third-order valence-electron chi connectivity index (χ3n) is 3.57. The summed E-state index contributed by atoms with van der Waals surface area (Å²) in [7, 11) is 0. The molecule has 2 aromatic rings. The number of hydrogen-bond donors (Lipinski definition) is 0. The molecule has 1 aliphatic rings. The standard InChI is InChI=1S/C16H10N2O5/c19-13(10-5-2-1-3-6-10)9-17-15(20)11-7-4-8-12(18(22)23)14(11)16(17)21/h1-8H,9H2. The number of amides is 2. The van der Waals surface area contributed by atoms with Crippen LogP contribution in [0.15, 0.2) is 48.5 Å². The number of hydrogen-bond acceptors (Lipinski definition) is 5. The largest absolute Gasteiger partial charge is 0.292 e. The molecule has 0 aliphatic carbocycles. The Morgan fingerprint density at radius 1 is 1.00 bits per heavy atom. The van der Waals surface area contributed by atoms with E-state index in [4.69, 9.17) is 0 Å². The molecule has 0 atom stereocenters. The zero-order chi connectivity index (χ0) is 16.6. The Balaban J connectivity index is 1.94. The van der Waals surface area contributed by atoms with E-state index >= 15 is 0 Å². The van der Waals surface area contributed by atoms with Crippen molar-refractivity contribution in [2.75, 3.05) is 6.54 Å². The maximum absolute atomic E-state index is 12.3. The first-order valence-corrected chi connectivity index (χ1v) is 6.72. The number of fused-ring (bicyclic) bond motifs is 1. The highest BCUT2D eigenvalue weighted by molar-refractivity contribution is 6.24. The van der Waals surface area contributed by atoms with E-state index in [1.165, 1.54) is 12.1 Å². The van der Waals surface area contributed by atoms with Crippen LogP contribution in [0, 0.1) is 10.1 Å². The highest BCUT2D eigenvalue weighted by Crippen LogP contribution is 2.30. The van der Waals surface area contributed by atoms with Gasteiger partial charge in [-0.2, -0.15) is 0 Å². The highest BCUT2D eigenvalue weighted by atomic mass is 16.6. The maximum atomic E-state index is 12.3. The van der Waals surface area contributed by atoms with Crippen LogP contribution in [0.3, 0.4) is 0 Å². The molecule has 1 heterocycles. The van der Waals surface area contributed by atoms with Gasteiger partial charge in [-0.25, -0.2) is 0 Å². The summed E-state index contributed by atoms with van der Waals surface area (Å²) in [4.78, 5) is 47.9. The third kappa shape index (κ3) is 2.38. The summed E-state index contributed by atoms with van der Waals surface area (Å²) >= 11 is 0. The number of carbonyl (C=O) groups is 3. The summed E-state index contributed by atoms with van der Waals surface area (Å²) in [5.41, 5.74) is -0.387. The van der Waals surface area contributed by atoms with Crippen LogP contribution in [-0.4, -0.2) is 34.0 Å². The quantitative estimate of drug-likeness (QED) is 0.373. The summed E-state index contributed by atoms with van der Waals surface area (Å²) in [5.74, 6) is -1.93. The van der Waals surface area contributed by atoms with Gasteiger partial charge in [-0.15, -0.1) is 0 Å². The number of nitro benzene ring substituents is 1. The van der Waals surface area contributed by atoms with E-state index in [1.54, 1.807) is 30.3 Å². The zero-order valence-electron chi connectivity index (χ0n) is 11.8. The van der Waals surface area contributed by atoms with E-state index in [-0.39, 0.29) is 11.1 Å². The number of rotatable bonds is 4. The van der Waals surface area contributed by atoms with Crippen LogP contribution < -0.4 is 0 Å². The topological polar surface area (TPSA) is 97.6 Å². The molecule has 0 radical (unpaired) electrons. The maximum Gasteiger partial charge on any atom is 0.282 e. The molecular weight excluding hydrogens is 300 g/mol. The van der Waals surface area contributed by atoms with Gasteiger partial charge in [0.25, 0.3) is 17.5 Å². The van der Waals surface area contributed by atoms with Crippen LogP contribution in [0.1, 0.15) is 31.1 Å². The van der Waals surface area contributed by atoms with Gasteiger partial charge in [0.1, 0.15) is 5.56 Å². The van der Waals surface area contributed by atoms with E-state index in [0.717, 1.165) is 11.0 Å². The van der Waals surface area contributed by atoms with Crippen molar-refractivity contribution in [1.82, 2.24) is 4.90 Å². The number of nitrogens with zero attached hydrogens (tertiary/aromatic N) is 2. The Morgan fingerprint density at radius 2 is 1.70 bits per heavy atom. The lowest BCUT2D eigenvalue weighted by Crippen LogP contribution is -2.35. The molecule has 7 nitrogen and oxygen atoms in total. The Morgan fingerprint density at radius 3 is 2.35 bits per heavy atom. The lowest BCUT2D eigenvalue weighted by molar-refractivity contribution is -0.385. The molecule has 0 aromatic heterocycles. The summed E-state index contributed by atoms with van der Waals surface area (Å²) in [6.07, 6.45) is 0. The van der Waals surface area contributed by atoms with Gasteiger partial charge in [-0.3, -0.25) is 29.4 Å². The second-order valence-electron chi connectivity index (χ2n) is 4.94. The number of carbonyl (C=O) groups excluding carboxylic acids is 3. The predicted molar refractivity (Wildman–Crippen MR) is 79.2 cm³/mol. The van der Waals surface area contributed by atoms with Crippen molar-refractivity contribution in [3.05, 3.63) is 75.3 Å². The first-order chi connectivity index (χ1) is 11.0. The number of benzene rings is 2. The summed E-state index contributed by atoms with van der Waals surface area (Å²) < 4.78 is 0. The molecule has 0 spiro atoms. The van der Waals surface area contributed by atoms with Crippen molar-refractivity contribution < 1.29 is 19.3 Å².